The Bertz CT molecular complexity index is 789. The average molecular weight is 387 g/mol. The second-order valence-electron chi connectivity index (χ2n) is 5.62. The Balaban J connectivity index is 2.06. The SMILES string of the molecule is CC(C)[C@@H](NS(=O)(=O)c1cccs1)C(=O)NCc1cccc(Cl)c1. The van der Waals surface area contributed by atoms with Gasteiger partial charge >= 0.3 is 0 Å². The Morgan fingerprint density at radius 2 is 2.00 bits per heavy atom. The summed E-state index contributed by atoms with van der Waals surface area (Å²) in [5.41, 5.74) is 0.847. The highest BCUT2D eigenvalue weighted by atomic mass is 35.5. The predicted octanol–water partition coefficient (Wildman–Crippen LogP) is 3.02. The predicted molar refractivity (Wildman–Crippen MR) is 96.6 cm³/mol. The second-order valence-corrected chi connectivity index (χ2v) is 8.95. The lowest BCUT2D eigenvalue weighted by atomic mass is 10.0. The van der Waals surface area contributed by atoms with Gasteiger partial charge in [-0.2, -0.15) is 4.72 Å². The first-order chi connectivity index (χ1) is 11.3. The van der Waals surface area contributed by atoms with Crippen molar-refractivity contribution < 1.29 is 13.2 Å². The molecule has 130 valence electrons. The Hall–Kier alpha value is -1.41. The molecule has 1 heterocycles. The number of nitrogens with one attached hydrogen (secondary N) is 2. The van der Waals surface area contributed by atoms with Crippen LogP contribution in [0.15, 0.2) is 46.0 Å². The molecule has 0 unspecified atom stereocenters. The summed E-state index contributed by atoms with van der Waals surface area (Å²) in [5, 5.41) is 5.02. The highest BCUT2D eigenvalue weighted by Crippen LogP contribution is 2.17. The largest absolute Gasteiger partial charge is 0.351 e. The fraction of sp³-hybridized carbons (Fsp3) is 0.312. The van der Waals surface area contributed by atoms with Crippen LogP contribution in [0.2, 0.25) is 5.02 Å². The molecule has 24 heavy (non-hydrogen) atoms. The smallest absolute Gasteiger partial charge is 0.250 e. The van der Waals surface area contributed by atoms with Gasteiger partial charge in [0.2, 0.25) is 5.91 Å². The van der Waals surface area contributed by atoms with Gasteiger partial charge in [-0.3, -0.25) is 4.79 Å². The molecule has 1 atom stereocenters. The molecule has 1 aromatic heterocycles. The van der Waals surface area contributed by atoms with E-state index in [0.717, 1.165) is 16.9 Å². The molecule has 0 aliphatic rings. The molecule has 0 saturated heterocycles. The fourth-order valence-electron chi connectivity index (χ4n) is 2.08. The van der Waals surface area contributed by atoms with Gasteiger partial charge in [-0.25, -0.2) is 8.42 Å². The maximum atomic E-state index is 12.4. The molecule has 0 aliphatic carbocycles. The van der Waals surface area contributed by atoms with Crippen molar-refractivity contribution in [2.75, 3.05) is 0 Å². The minimum Gasteiger partial charge on any atom is -0.351 e. The van der Waals surface area contributed by atoms with Crippen molar-refractivity contribution in [1.82, 2.24) is 10.0 Å². The fourth-order valence-corrected chi connectivity index (χ4v) is 4.65. The van der Waals surface area contributed by atoms with Crippen LogP contribution in [0, 0.1) is 5.92 Å². The molecule has 8 heteroatoms. The molecule has 2 aromatic rings. The number of halogens is 1. The van der Waals surface area contributed by atoms with Gasteiger partial charge in [0.25, 0.3) is 10.0 Å². The first-order valence-corrected chi connectivity index (χ1v) is 10.1. The number of hydrogen-bond donors (Lipinski definition) is 2. The molecule has 0 fully saturated rings. The van der Waals surface area contributed by atoms with Gasteiger partial charge in [0.1, 0.15) is 10.3 Å². The lowest BCUT2D eigenvalue weighted by Gasteiger charge is -2.21. The number of benzene rings is 1. The average Bonchev–Trinajstić information content (AvgIpc) is 3.05. The number of rotatable bonds is 7. The number of carbonyl (C=O) groups is 1. The van der Waals surface area contributed by atoms with Crippen molar-refractivity contribution in [2.24, 2.45) is 5.92 Å². The molecule has 1 amide bonds. The number of amides is 1. The summed E-state index contributed by atoms with van der Waals surface area (Å²) in [6.07, 6.45) is 0. The van der Waals surface area contributed by atoms with Crippen LogP contribution in [-0.4, -0.2) is 20.4 Å². The Morgan fingerprint density at radius 1 is 1.25 bits per heavy atom. The van der Waals surface area contributed by atoms with E-state index in [0.29, 0.717) is 5.02 Å². The summed E-state index contributed by atoms with van der Waals surface area (Å²) < 4.78 is 27.3. The molecule has 5 nitrogen and oxygen atoms in total. The van der Waals surface area contributed by atoms with Crippen LogP contribution in [0.5, 0.6) is 0 Å². The molecule has 0 bridgehead atoms. The third kappa shape index (κ3) is 5.04. The monoisotopic (exact) mass is 386 g/mol. The van der Waals surface area contributed by atoms with Crippen molar-refractivity contribution in [3.8, 4) is 0 Å². The summed E-state index contributed by atoms with van der Waals surface area (Å²) in [6.45, 7) is 3.87. The minimum absolute atomic E-state index is 0.191. The molecule has 0 spiro atoms. The van der Waals surface area contributed by atoms with Gasteiger partial charge in [0.05, 0.1) is 0 Å². The maximum Gasteiger partial charge on any atom is 0.250 e. The third-order valence-electron chi connectivity index (χ3n) is 3.35. The summed E-state index contributed by atoms with van der Waals surface area (Å²) in [4.78, 5) is 12.4. The molecular weight excluding hydrogens is 368 g/mol. The zero-order valence-corrected chi connectivity index (χ0v) is 15.7. The summed E-state index contributed by atoms with van der Waals surface area (Å²) >= 11 is 7.02. The van der Waals surface area contributed by atoms with Crippen LogP contribution in [0.25, 0.3) is 0 Å². The zero-order valence-electron chi connectivity index (χ0n) is 13.3. The lowest BCUT2D eigenvalue weighted by Crippen LogP contribution is -2.49. The molecule has 2 N–H and O–H groups in total. The maximum absolute atomic E-state index is 12.4. The summed E-state index contributed by atoms with van der Waals surface area (Å²) in [5.74, 6) is -0.566. The van der Waals surface area contributed by atoms with Crippen molar-refractivity contribution in [3.05, 3.63) is 52.4 Å². The van der Waals surface area contributed by atoms with Crippen molar-refractivity contribution in [1.29, 1.82) is 0 Å². The van der Waals surface area contributed by atoms with Gasteiger partial charge in [-0.15, -0.1) is 11.3 Å². The quantitative estimate of drug-likeness (QED) is 0.768. The van der Waals surface area contributed by atoms with E-state index in [4.69, 9.17) is 11.6 Å². The molecule has 0 radical (unpaired) electrons. The lowest BCUT2D eigenvalue weighted by molar-refractivity contribution is -0.123. The molecule has 2 rings (SSSR count). The topological polar surface area (TPSA) is 75.3 Å². The van der Waals surface area contributed by atoms with Crippen LogP contribution < -0.4 is 10.0 Å². The number of sulfonamides is 1. The van der Waals surface area contributed by atoms with E-state index in [1.807, 2.05) is 6.07 Å². The van der Waals surface area contributed by atoms with E-state index in [9.17, 15) is 13.2 Å². The van der Waals surface area contributed by atoms with E-state index >= 15 is 0 Å². The summed E-state index contributed by atoms with van der Waals surface area (Å²) in [7, 11) is -3.71. The second kappa shape index (κ2) is 8.11. The van der Waals surface area contributed by atoms with Crippen molar-refractivity contribution >= 4 is 38.9 Å². The number of thiophene rings is 1. The standard InChI is InChI=1S/C16H19ClN2O3S2/c1-11(2)15(19-24(21,22)14-7-4-8-23-14)16(20)18-10-12-5-3-6-13(17)9-12/h3-9,11,15,19H,10H2,1-2H3,(H,18,20)/t15-/m1/s1. The minimum atomic E-state index is -3.71. The van der Waals surface area contributed by atoms with E-state index < -0.39 is 16.1 Å². The zero-order chi connectivity index (χ0) is 17.7. The molecule has 1 aromatic carbocycles. The Morgan fingerprint density at radius 3 is 2.58 bits per heavy atom. The molecule has 0 aliphatic heterocycles. The number of hydrogen-bond acceptors (Lipinski definition) is 4. The van der Waals surface area contributed by atoms with Gasteiger partial charge in [0, 0.05) is 11.6 Å². The molecule has 0 saturated carbocycles. The van der Waals surface area contributed by atoms with Gasteiger partial charge in [-0.1, -0.05) is 43.6 Å². The number of carbonyl (C=O) groups excluding carboxylic acids is 1. The highest BCUT2D eigenvalue weighted by Gasteiger charge is 2.28. The van der Waals surface area contributed by atoms with Crippen LogP contribution in [0.1, 0.15) is 19.4 Å². The van der Waals surface area contributed by atoms with Gasteiger partial charge in [-0.05, 0) is 35.1 Å². The third-order valence-corrected chi connectivity index (χ3v) is 6.42. The molecular formula is C16H19ClN2O3S2. The van der Waals surface area contributed by atoms with E-state index in [-0.39, 0.29) is 22.6 Å². The van der Waals surface area contributed by atoms with Crippen molar-refractivity contribution in [3.63, 3.8) is 0 Å². The normalized spacial score (nSPS) is 13.0. The first-order valence-electron chi connectivity index (χ1n) is 7.37. The van der Waals surface area contributed by atoms with E-state index in [1.165, 1.54) is 6.07 Å². The van der Waals surface area contributed by atoms with Crippen LogP contribution in [0.3, 0.4) is 0 Å². The highest BCUT2D eigenvalue weighted by molar-refractivity contribution is 7.91. The van der Waals surface area contributed by atoms with Crippen LogP contribution in [0.4, 0.5) is 0 Å². The van der Waals surface area contributed by atoms with Gasteiger partial charge < -0.3 is 5.32 Å². The Labute approximate surface area is 151 Å². The van der Waals surface area contributed by atoms with Crippen LogP contribution >= 0.6 is 22.9 Å². The van der Waals surface area contributed by atoms with E-state index in [2.05, 4.69) is 10.0 Å². The van der Waals surface area contributed by atoms with Crippen LogP contribution in [-0.2, 0) is 21.4 Å². The Kier molecular flexibility index (Phi) is 6.40. The van der Waals surface area contributed by atoms with E-state index in [1.54, 1.807) is 43.5 Å². The van der Waals surface area contributed by atoms with Gasteiger partial charge in [0.15, 0.2) is 0 Å². The summed E-state index contributed by atoms with van der Waals surface area (Å²) in [6, 6.07) is 9.45. The first kappa shape index (κ1) is 18.9. The van der Waals surface area contributed by atoms with Crippen molar-refractivity contribution in [2.45, 2.75) is 30.6 Å².